The van der Waals surface area contributed by atoms with Crippen LogP contribution in [0, 0.1) is 0 Å². The minimum atomic E-state index is -0.0784. The topological polar surface area (TPSA) is 81.5 Å². The van der Waals surface area contributed by atoms with Gasteiger partial charge in [-0.1, -0.05) is 6.07 Å². The summed E-state index contributed by atoms with van der Waals surface area (Å²) >= 11 is 0. The van der Waals surface area contributed by atoms with Crippen LogP contribution in [0.1, 0.15) is 24.4 Å². The quantitative estimate of drug-likeness (QED) is 0.737. The molecule has 0 spiro atoms. The molecule has 0 saturated heterocycles. The van der Waals surface area contributed by atoms with Crippen molar-refractivity contribution in [3.8, 4) is 11.5 Å². The highest BCUT2D eigenvalue weighted by Gasteiger charge is 2.08. The van der Waals surface area contributed by atoms with Crippen molar-refractivity contribution in [2.75, 3.05) is 13.7 Å². The normalized spacial score (nSPS) is 11.7. The van der Waals surface area contributed by atoms with E-state index in [0.29, 0.717) is 12.3 Å². The zero-order valence-electron chi connectivity index (χ0n) is 9.35. The van der Waals surface area contributed by atoms with E-state index in [4.69, 9.17) is 16.2 Å². The van der Waals surface area contributed by atoms with Crippen LogP contribution in [-0.4, -0.2) is 18.8 Å². The summed E-state index contributed by atoms with van der Waals surface area (Å²) in [6, 6.07) is 5.14. The average Bonchev–Trinajstić information content (AvgIpc) is 2.25. The van der Waals surface area contributed by atoms with Gasteiger partial charge in [0.15, 0.2) is 11.5 Å². The maximum atomic E-state index is 9.56. The Kier molecular flexibility index (Phi) is 6.88. The molecule has 0 fully saturated rings. The van der Waals surface area contributed by atoms with Gasteiger partial charge in [-0.05, 0) is 37.1 Å². The number of hydrogen-bond donors (Lipinski definition) is 3. The van der Waals surface area contributed by atoms with Gasteiger partial charge < -0.3 is 21.3 Å². The van der Waals surface area contributed by atoms with Crippen LogP contribution in [0.3, 0.4) is 0 Å². The Morgan fingerprint density at radius 3 is 2.62 bits per heavy atom. The molecule has 5 N–H and O–H groups in total. The number of phenols is 1. The highest BCUT2D eigenvalue weighted by Crippen LogP contribution is 2.29. The number of halogens is 1. The predicted octanol–water partition coefficient (Wildman–Crippen LogP) is 1.56. The fraction of sp³-hybridized carbons (Fsp3) is 0.455. The molecule has 4 nitrogen and oxygen atoms in total. The molecule has 1 atom stereocenters. The number of methoxy groups -OCH3 is 1. The highest BCUT2D eigenvalue weighted by molar-refractivity contribution is 5.85. The van der Waals surface area contributed by atoms with Crippen LogP contribution in [0.4, 0.5) is 0 Å². The molecule has 0 aliphatic heterocycles. The number of phenolic OH excluding ortho intramolecular Hbond substituents is 1. The molecule has 0 aliphatic rings. The molecule has 92 valence electrons. The highest BCUT2D eigenvalue weighted by atomic mass is 35.5. The molecule has 0 radical (unpaired) electrons. The second-order valence-corrected chi connectivity index (χ2v) is 3.47. The standard InChI is InChI=1S/C11H18N2O2.ClH/c1-15-11-5-4-8(7-10(11)14)9(13)3-2-6-12;/h4-5,7,9,14H,2-3,6,12-13H2,1H3;1H/t9-;/m0./s1. The number of ether oxygens (including phenoxy) is 1. The Morgan fingerprint density at radius 2 is 2.12 bits per heavy atom. The van der Waals surface area contributed by atoms with E-state index in [0.717, 1.165) is 18.4 Å². The second-order valence-electron chi connectivity index (χ2n) is 3.47. The lowest BCUT2D eigenvalue weighted by atomic mass is 10.0. The van der Waals surface area contributed by atoms with Crippen molar-refractivity contribution < 1.29 is 9.84 Å². The molecule has 0 aromatic heterocycles. The van der Waals surface area contributed by atoms with Crippen molar-refractivity contribution in [3.05, 3.63) is 23.8 Å². The van der Waals surface area contributed by atoms with Crippen LogP contribution in [-0.2, 0) is 0 Å². The number of nitrogens with two attached hydrogens (primary N) is 2. The molecule has 16 heavy (non-hydrogen) atoms. The van der Waals surface area contributed by atoms with E-state index in [1.165, 1.54) is 7.11 Å². The summed E-state index contributed by atoms with van der Waals surface area (Å²) in [7, 11) is 1.52. The Morgan fingerprint density at radius 1 is 1.44 bits per heavy atom. The summed E-state index contributed by atoms with van der Waals surface area (Å²) in [5.74, 6) is 0.586. The molecule has 0 aliphatic carbocycles. The first-order valence-corrected chi connectivity index (χ1v) is 5.01. The third-order valence-corrected chi connectivity index (χ3v) is 2.35. The molecule has 0 amide bonds. The zero-order valence-corrected chi connectivity index (χ0v) is 10.2. The van der Waals surface area contributed by atoms with Crippen molar-refractivity contribution >= 4 is 12.4 Å². The fourth-order valence-electron chi connectivity index (χ4n) is 1.44. The van der Waals surface area contributed by atoms with E-state index in [9.17, 15) is 5.11 Å². The summed E-state index contributed by atoms with van der Waals surface area (Å²) in [6.45, 7) is 0.635. The first-order chi connectivity index (χ1) is 7.19. The van der Waals surface area contributed by atoms with Gasteiger partial charge in [-0.15, -0.1) is 12.4 Å². The smallest absolute Gasteiger partial charge is 0.160 e. The first kappa shape index (κ1) is 15.0. The van der Waals surface area contributed by atoms with Gasteiger partial charge in [-0.3, -0.25) is 0 Å². The molecule has 5 heteroatoms. The summed E-state index contributed by atoms with van der Waals surface area (Å²) < 4.78 is 4.95. The second kappa shape index (κ2) is 7.33. The van der Waals surface area contributed by atoms with Crippen molar-refractivity contribution in [2.45, 2.75) is 18.9 Å². The first-order valence-electron chi connectivity index (χ1n) is 5.01. The molecule has 1 rings (SSSR count). The summed E-state index contributed by atoms with van der Waals surface area (Å²) in [5.41, 5.74) is 12.2. The Bertz CT molecular complexity index is 321. The van der Waals surface area contributed by atoms with Gasteiger partial charge >= 0.3 is 0 Å². The fourth-order valence-corrected chi connectivity index (χ4v) is 1.44. The largest absolute Gasteiger partial charge is 0.504 e. The molecule has 0 bridgehead atoms. The minimum Gasteiger partial charge on any atom is -0.504 e. The van der Waals surface area contributed by atoms with Gasteiger partial charge in [0, 0.05) is 6.04 Å². The lowest BCUT2D eigenvalue weighted by Crippen LogP contribution is -2.12. The van der Waals surface area contributed by atoms with E-state index < -0.39 is 0 Å². The molecule has 1 aromatic carbocycles. The van der Waals surface area contributed by atoms with Gasteiger partial charge in [-0.25, -0.2) is 0 Å². The Labute approximate surface area is 102 Å². The number of rotatable bonds is 5. The van der Waals surface area contributed by atoms with Gasteiger partial charge in [0.2, 0.25) is 0 Å². The maximum Gasteiger partial charge on any atom is 0.160 e. The van der Waals surface area contributed by atoms with Crippen molar-refractivity contribution in [1.29, 1.82) is 0 Å². The van der Waals surface area contributed by atoms with Crippen LogP contribution in [0.2, 0.25) is 0 Å². The van der Waals surface area contributed by atoms with Crippen LogP contribution >= 0.6 is 12.4 Å². The van der Waals surface area contributed by atoms with E-state index >= 15 is 0 Å². The Balaban J connectivity index is 0.00000225. The molecule has 0 saturated carbocycles. The lowest BCUT2D eigenvalue weighted by Gasteiger charge is -2.12. The van der Waals surface area contributed by atoms with E-state index in [-0.39, 0.29) is 24.2 Å². The minimum absolute atomic E-state index is 0. The lowest BCUT2D eigenvalue weighted by molar-refractivity contribution is 0.372. The molecular weight excluding hydrogens is 228 g/mol. The summed E-state index contributed by atoms with van der Waals surface area (Å²) in [4.78, 5) is 0. The molecule has 1 aromatic rings. The van der Waals surface area contributed by atoms with Crippen LogP contribution in [0.5, 0.6) is 11.5 Å². The SMILES string of the molecule is COc1ccc([C@@H](N)CCCN)cc1O.Cl. The van der Waals surface area contributed by atoms with Crippen LogP contribution in [0.15, 0.2) is 18.2 Å². The number of hydrogen-bond acceptors (Lipinski definition) is 4. The van der Waals surface area contributed by atoms with Gasteiger partial charge in [0.25, 0.3) is 0 Å². The van der Waals surface area contributed by atoms with Crippen molar-refractivity contribution in [1.82, 2.24) is 0 Å². The van der Waals surface area contributed by atoms with E-state index in [1.54, 1.807) is 12.1 Å². The monoisotopic (exact) mass is 246 g/mol. The zero-order chi connectivity index (χ0) is 11.3. The summed E-state index contributed by atoms with van der Waals surface area (Å²) in [6.07, 6.45) is 1.70. The van der Waals surface area contributed by atoms with Crippen molar-refractivity contribution in [2.24, 2.45) is 11.5 Å². The van der Waals surface area contributed by atoms with E-state index in [1.807, 2.05) is 6.07 Å². The molecule has 0 heterocycles. The van der Waals surface area contributed by atoms with Gasteiger partial charge in [-0.2, -0.15) is 0 Å². The van der Waals surface area contributed by atoms with Crippen LogP contribution in [0.25, 0.3) is 0 Å². The molecular formula is C11H19ClN2O2. The average molecular weight is 247 g/mol. The van der Waals surface area contributed by atoms with Crippen LogP contribution < -0.4 is 16.2 Å². The van der Waals surface area contributed by atoms with Gasteiger partial charge in [0.05, 0.1) is 7.11 Å². The predicted molar refractivity (Wildman–Crippen MR) is 67.1 cm³/mol. The van der Waals surface area contributed by atoms with Gasteiger partial charge in [0.1, 0.15) is 0 Å². The third kappa shape index (κ3) is 3.89. The Hall–Kier alpha value is -0.970. The molecule has 0 unspecified atom stereocenters. The maximum absolute atomic E-state index is 9.56. The number of aromatic hydroxyl groups is 1. The van der Waals surface area contributed by atoms with Crippen molar-refractivity contribution in [3.63, 3.8) is 0 Å². The third-order valence-electron chi connectivity index (χ3n) is 2.35. The van der Waals surface area contributed by atoms with E-state index in [2.05, 4.69) is 0 Å². The summed E-state index contributed by atoms with van der Waals surface area (Å²) in [5, 5.41) is 9.56. The number of benzene rings is 1.